The van der Waals surface area contributed by atoms with E-state index in [0.717, 1.165) is 47.8 Å². The van der Waals surface area contributed by atoms with Crippen LogP contribution in [-0.2, 0) is 0 Å². The highest BCUT2D eigenvalue weighted by molar-refractivity contribution is 7.13. The first-order valence-corrected chi connectivity index (χ1v) is 9.26. The smallest absolute Gasteiger partial charge is 0.225 e. The van der Waals surface area contributed by atoms with E-state index in [4.69, 9.17) is 4.98 Å². The molecule has 1 unspecified atom stereocenters. The zero-order valence-corrected chi connectivity index (χ0v) is 14.6. The summed E-state index contributed by atoms with van der Waals surface area (Å²) in [6, 6.07) is 4.08. The van der Waals surface area contributed by atoms with E-state index >= 15 is 0 Å². The summed E-state index contributed by atoms with van der Waals surface area (Å²) >= 11 is 1.65. The Morgan fingerprint density at radius 1 is 1.24 bits per heavy atom. The summed E-state index contributed by atoms with van der Waals surface area (Å²) in [6.45, 7) is 1.93. The molecule has 0 amide bonds. The second-order valence-electron chi connectivity index (χ2n) is 6.14. The minimum atomic E-state index is 0.214. The molecule has 0 bridgehead atoms. The fourth-order valence-corrected chi connectivity index (χ4v) is 3.88. The molecule has 3 aromatic heterocycles. The van der Waals surface area contributed by atoms with Crippen LogP contribution in [0.25, 0.3) is 21.8 Å². The predicted octanol–water partition coefficient (Wildman–Crippen LogP) is 2.87. The summed E-state index contributed by atoms with van der Waals surface area (Å²) in [5.74, 6) is 1.01. The Bertz CT molecular complexity index is 825. The number of anilines is 1. The van der Waals surface area contributed by atoms with Gasteiger partial charge in [0.2, 0.25) is 5.95 Å². The van der Waals surface area contributed by atoms with Crippen molar-refractivity contribution in [2.24, 2.45) is 5.92 Å². The van der Waals surface area contributed by atoms with Crippen molar-refractivity contribution < 1.29 is 5.11 Å². The maximum atomic E-state index is 9.47. The maximum absolute atomic E-state index is 9.47. The van der Waals surface area contributed by atoms with Gasteiger partial charge in [0.1, 0.15) is 0 Å². The van der Waals surface area contributed by atoms with Gasteiger partial charge in [0.25, 0.3) is 0 Å². The van der Waals surface area contributed by atoms with Crippen LogP contribution >= 0.6 is 11.3 Å². The van der Waals surface area contributed by atoms with Gasteiger partial charge in [0.05, 0.1) is 22.5 Å². The van der Waals surface area contributed by atoms with E-state index in [9.17, 15) is 5.11 Å². The standard InChI is InChI=1S/C18H19N5OS/c24-12-13-3-1-7-23(11-13)18-21-9-14(15-10-19-5-6-20-15)17(22-18)16-4-2-8-25-16/h2,4-6,8-10,13,24H,1,3,7,11-12H2. The molecule has 1 fully saturated rings. The summed E-state index contributed by atoms with van der Waals surface area (Å²) in [4.78, 5) is 21.3. The normalized spacial score (nSPS) is 17.6. The molecular weight excluding hydrogens is 334 g/mol. The highest BCUT2D eigenvalue weighted by Gasteiger charge is 2.23. The molecule has 0 aromatic carbocycles. The van der Waals surface area contributed by atoms with E-state index in [2.05, 4.69) is 25.9 Å². The molecule has 4 heterocycles. The number of nitrogens with zero attached hydrogens (tertiary/aromatic N) is 5. The largest absolute Gasteiger partial charge is 0.396 e. The number of hydrogen-bond donors (Lipinski definition) is 1. The molecule has 6 nitrogen and oxygen atoms in total. The third-order valence-electron chi connectivity index (χ3n) is 4.43. The molecule has 1 aliphatic heterocycles. The van der Waals surface area contributed by atoms with Crippen molar-refractivity contribution in [3.63, 3.8) is 0 Å². The number of aromatic nitrogens is 4. The number of piperidine rings is 1. The SMILES string of the molecule is OCC1CCCN(c2ncc(-c3cnccn3)c(-c3cccs3)n2)C1. The number of aliphatic hydroxyl groups excluding tert-OH is 1. The fourth-order valence-electron chi connectivity index (χ4n) is 3.15. The minimum absolute atomic E-state index is 0.214. The third kappa shape index (κ3) is 3.38. The van der Waals surface area contributed by atoms with Crippen LogP contribution in [0.5, 0.6) is 0 Å². The van der Waals surface area contributed by atoms with Gasteiger partial charge >= 0.3 is 0 Å². The number of thiophene rings is 1. The van der Waals surface area contributed by atoms with Crippen LogP contribution in [0.1, 0.15) is 12.8 Å². The maximum Gasteiger partial charge on any atom is 0.225 e. The van der Waals surface area contributed by atoms with E-state index < -0.39 is 0 Å². The van der Waals surface area contributed by atoms with Crippen molar-refractivity contribution in [1.29, 1.82) is 0 Å². The average molecular weight is 353 g/mol. The summed E-state index contributed by atoms with van der Waals surface area (Å²) in [6.07, 6.45) is 9.02. The molecule has 0 radical (unpaired) electrons. The zero-order valence-electron chi connectivity index (χ0n) is 13.7. The van der Waals surface area contributed by atoms with Crippen molar-refractivity contribution >= 4 is 17.3 Å². The van der Waals surface area contributed by atoms with Gasteiger partial charge in [-0.1, -0.05) is 6.07 Å². The molecular formula is C18H19N5OS. The molecule has 4 rings (SSSR count). The molecule has 0 aliphatic carbocycles. The van der Waals surface area contributed by atoms with Crippen molar-refractivity contribution in [1.82, 2.24) is 19.9 Å². The second-order valence-corrected chi connectivity index (χ2v) is 7.08. The lowest BCUT2D eigenvalue weighted by atomic mass is 9.99. The molecule has 1 atom stereocenters. The Balaban J connectivity index is 1.75. The highest BCUT2D eigenvalue weighted by atomic mass is 32.1. The van der Waals surface area contributed by atoms with Gasteiger partial charge in [-0.05, 0) is 30.2 Å². The summed E-state index contributed by atoms with van der Waals surface area (Å²) in [5.41, 5.74) is 2.53. The topological polar surface area (TPSA) is 75.0 Å². The Morgan fingerprint density at radius 2 is 2.20 bits per heavy atom. The van der Waals surface area contributed by atoms with E-state index in [1.54, 1.807) is 29.9 Å². The van der Waals surface area contributed by atoms with E-state index in [0.29, 0.717) is 11.9 Å². The van der Waals surface area contributed by atoms with E-state index in [1.807, 2.05) is 17.6 Å². The molecule has 3 aromatic rings. The van der Waals surface area contributed by atoms with Crippen LogP contribution in [0.4, 0.5) is 5.95 Å². The van der Waals surface area contributed by atoms with E-state index in [-0.39, 0.29) is 6.61 Å². The molecule has 7 heteroatoms. The Kier molecular flexibility index (Phi) is 4.67. The number of aliphatic hydroxyl groups is 1. The van der Waals surface area contributed by atoms with Crippen LogP contribution in [0, 0.1) is 5.92 Å². The van der Waals surface area contributed by atoms with Gasteiger partial charge in [0, 0.05) is 43.9 Å². The summed E-state index contributed by atoms with van der Waals surface area (Å²) < 4.78 is 0. The van der Waals surface area contributed by atoms with Gasteiger partial charge in [-0.25, -0.2) is 9.97 Å². The lowest BCUT2D eigenvalue weighted by molar-refractivity contribution is 0.208. The van der Waals surface area contributed by atoms with Crippen LogP contribution < -0.4 is 4.90 Å². The van der Waals surface area contributed by atoms with Crippen molar-refractivity contribution in [2.45, 2.75) is 12.8 Å². The van der Waals surface area contributed by atoms with Crippen LogP contribution in [0.2, 0.25) is 0 Å². The molecule has 1 saturated heterocycles. The predicted molar refractivity (Wildman–Crippen MR) is 98.4 cm³/mol. The second kappa shape index (κ2) is 7.25. The first kappa shape index (κ1) is 16.1. The van der Waals surface area contributed by atoms with Gasteiger partial charge in [-0.15, -0.1) is 11.3 Å². The van der Waals surface area contributed by atoms with Crippen LogP contribution in [-0.4, -0.2) is 44.7 Å². The minimum Gasteiger partial charge on any atom is -0.396 e. The summed E-state index contributed by atoms with van der Waals surface area (Å²) in [7, 11) is 0. The Hall–Kier alpha value is -2.38. The Morgan fingerprint density at radius 3 is 2.96 bits per heavy atom. The molecule has 25 heavy (non-hydrogen) atoms. The zero-order chi connectivity index (χ0) is 17.1. The lowest BCUT2D eigenvalue weighted by Crippen LogP contribution is -2.37. The van der Waals surface area contributed by atoms with Gasteiger partial charge in [0.15, 0.2) is 0 Å². The molecule has 128 valence electrons. The molecule has 1 aliphatic rings. The summed E-state index contributed by atoms with van der Waals surface area (Å²) in [5, 5.41) is 11.5. The highest BCUT2D eigenvalue weighted by Crippen LogP contribution is 2.33. The van der Waals surface area contributed by atoms with E-state index in [1.165, 1.54) is 0 Å². The quantitative estimate of drug-likeness (QED) is 0.777. The molecule has 0 spiro atoms. The van der Waals surface area contributed by atoms with Crippen molar-refractivity contribution in [3.05, 3.63) is 42.3 Å². The first-order valence-electron chi connectivity index (χ1n) is 8.38. The van der Waals surface area contributed by atoms with Crippen molar-refractivity contribution in [3.8, 4) is 21.8 Å². The Labute approximate surface area is 150 Å². The number of rotatable bonds is 4. The van der Waals surface area contributed by atoms with Crippen LogP contribution in [0.15, 0.2) is 42.3 Å². The lowest BCUT2D eigenvalue weighted by Gasteiger charge is -2.32. The third-order valence-corrected chi connectivity index (χ3v) is 5.31. The van der Waals surface area contributed by atoms with Gasteiger partial charge in [-0.3, -0.25) is 9.97 Å². The van der Waals surface area contributed by atoms with Gasteiger partial charge < -0.3 is 10.0 Å². The molecule has 0 saturated carbocycles. The monoisotopic (exact) mass is 353 g/mol. The average Bonchev–Trinajstić information content (AvgIpc) is 3.23. The van der Waals surface area contributed by atoms with Gasteiger partial charge in [-0.2, -0.15) is 0 Å². The first-order chi connectivity index (χ1) is 12.3. The van der Waals surface area contributed by atoms with Crippen LogP contribution in [0.3, 0.4) is 0 Å². The molecule has 1 N–H and O–H groups in total. The van der Waals surface area contributed by atoms with Crippen molar-refractivity contribution in [2.75, 3.05) is 24.6 Å². The fraction of sp³-hybridized carbons (Fsp3) is 0.333. The number of hydrogen-bond acceptors (Lipinski definition) is 7.